The summed E-state index contributed by atoms with van der Waals surface area (Å²) < 4.78 is 0. The Morgan fingerprint density at radius 2 is 1.48 bits per heavy atom. The average Bonchev–Trinajstić information content (AvgIpc) is 3.00. The molecule has 106 valence electrons. The number of hydrogen-bond donors (Lipinski definition) is 0. The van der Waals surface area contributed by atoms with Crippen LogP contribution < -0.4 is 0 Å². The molecule has 0 fully saturated rings. The van der Waals surface area contributed by atoms with Gasteiger partial charge in [-0.3, -0.25) is 0 Å². The van der Waals surface area contributed by atoms with Crippen LogP contribution in [0.15, 0.2) is 59.7 Å². The lowest BCUT2D eigenvalue weighted by Gasteiger charge is -2.05. The van der Waals surface area contributed by atoms with E-state index in [1.165, 1.54) is 33.4 Å². The Morgan fingerprint density at radius 1 is 0.810 bits per heavy atom. The van der Waals surface area contributed by atoms with Gasteiger partial charge in [0.1, 0.15) is 0 Å². The van der Waals surface area contributed by atoms with Gasteiger partial charge in [0.05, 0.1) is 0 Å². The summed E-state index contributed by atoms with van der Waals surface area (Å²) in [4.78, 5) is 0. The zero-order valence-corrected chi connectivity index (χ0v) is 13.1. The molecule has 0 radical (unpaired) electrons. The minimum atomic E-state index is 0.631. The lowest BCUT2D eigenvalue weighted by molar-refractivity contribution is 0.921. The lowest BCUT2D eigenvalue weighted by atomic mass is 9.99. The van der Waals surface area contributed by atoms with E-state index in [0.29, 0.717) is 5.92 Å². The Morgan fingerprint density at radius 3 is 2.19 bits per heavy atom. The number of rotatable bonds is 0. The van der Waals surface area contributed by atoms with Crippen LogP contribution in [0.25, 0.3) is 12.2 Å². The summed E-state index contributed by atoms with van der Waals surface area (Å²) >= 11 is 0. The molecule has 0 aliphatic heterocycles. The Kier molecular flexibility index (Phi) is 3.79. The highest BCUT2D eigenvalue weighted by Crippen LogP contribution is 2.34. The van der Waals surface area contributed by atoms with Crippen LogP contribution in [0.3, 0.4) is 0 Å². The molecule has 1 unspecified atom stereocenters. The first-order valence-corrected chi connectivity index (χ1v) is 7.67. The van der Waals surface area contributed by atoms with Gasteiger partial charge in [-0.25, -0.2) is 0 Å². The molecule has 0 heterocycles. The molecule has 2 aromatic carbocycles. The predicted molar refractivity (Wildman–Crippen MR) is 92.3 cm³/mol. The van der Waals surface area contributed by atoms with E-state index in [0.717, 1.165) is 6.42 Å². The van der Waals surface area contributed by atoms with Gasteiger partial charge in [0, 0.05) is 5.92 Å². The first-order valence-electron chi connectivity index (χ1n) is 7.67. The minimum Gasteiger partial charge on any atom is -0.0683 e. The highest BCUT2D eigenvalue weighted by Gasteiger charge is 2.16. The topological polar surface area (TPSA) is 0 Å². The van der Waals surface area contributed by atoms with Gasteiger partial charge in [0.25, 0.3) is 0 Å². The van der Waals surface area contributed by atoms with Gasteiger partial charge in [-0.05, 0) is 42.5 Å². The van der Waals surface area contributed by atoms with E-state index >= 15 is 0 Å². The van der Waals surface area contributed by atoms with Crippen LogP contribution in [-0.4, -0.2) is 0 Å². The van der Waals surface area contributed by atoms with Crippen LogP contribution in [0.2, 0.25) is 0 Å². The molecule has 0 amide bonds. The SMILES string of the molecule is CC1=Cc2ccccc2C1.CC1=Cc2ccccc2C1C. The lowest BCUT2D eigenvalue weighted by Crippen LogP contribution is -1.88. The maximum atomic E-state index is 2.28. The fourth-order valence-electron chi connectivity index (χ4n) is 3.11. The van der Waals surface area contributed by atoms with E-state index in [2.05, 4.69) is 81.5 Å². The molecule has 0 saturated heterocycles. The summed E-state index contributed by atoms with van der Waals surface area (Å²) in [6, 6.07) is 17.2. The summed E-state index contributed by atoms with van der Waals surface area (Å²) in [7, 11) is 0. The summed E-state index contributed by atoms with van der Waals surface area (Å²) in [6.07, 6.45) is 5.69. The highest BCUT2D eigenvalue weighted by atomic mass is 14.2. The van der Waals surface area contributed by atoms with Crippen molar-refractivity contribution in [3.05, 3.63) is 81.9 Å². The molecule has 0 saturated carbocycles. The Hall–Kier alpha value is -2.08. The van der Waals surface area contributed by atoms with E-state index in [9.17, 15) is 0 Å². The number of benzene rings is 2. The van der Waals surface area contributed by atoms with Gasteiger partial charge >= 0.3 is 0 Å². The van der Waals surface area contributed by atoms with Gasteiger partial charge in [-0.2, -0.15) is 0 Å². The van der Waals surface area contributed by atoms with Gasteiger partial charge in [0.15, 0.2) is 0 Å². The number of allylic oxidation sites excluding steroid dienone is 2. The second-order valence-electron chi connectivity index (χ2n) is 6.11. The van der Waals surface area contributed by atoms with Crippen molar-refractivity contribution < 1.29 is 0 Å². The molecule has 2 aliphatic carbocycles. The van der Waals surface area contributed by atoms with Gasteiger partial charge < -0.3 is 0 Å². The number of fused-ring (bicyclic) bond motifs is 2. The predicted octanol–water partition coefficient (Wildman–Crippen LogP) is 5.85. The van der Waals surface area contributed by atoms with Gasteiger partial charge in [0.2, 0.25) is 0 Å². The zero-order valence-electron chi connectivity index (χ0n) is 13.1. The van der Waals surface area contributed by atoms with Crippen molar-refractivity contribution in [3.8, 4) is 0 Å². The summed E-state index contributed by atoms with van der Waals surface area (Å²) in [5.41, 5.74) is 8.70. The summed E-state index contributed by atoms with van der Waals surface area (Å²) in [5, 5.41) is 0. The molecule has 0 heteroatoms. The minimum absolute atomic E-state index is 0.631. The van der Waals surface area contributed by atoms with Crippen LogP contribution in [0, 0.1) is 0 Å². The van der Waals surface area contributed by atoms with E-state index in [4.69, 9.17) is 0 Å². The molecular weight excluding hydrogens is 252 g/mol. The molecule has 21 heavy (non-hydrogen) atoms. The Balaban J connectivity index is 0.000000126. The molecule has 4 rings (SSSR count). The van der Waals surface area contributed by atoms with Crippen molar-refractivity contribution in [2.75, 3.05) is 0 Å². The summed E-state index contributed by atoms with van der Waals surface area (Å²) in [5.74, 6) is 0.631. The highest BCUT2D eigenvalue weighted by molar-refractivity contribution is 5.65. The Bertz CT molecular complexity index is 716. The maximum absolute atomic E-state index is 2.28. The van der Waals surface area contributed by atoms with Crippen LogP contribution in [0.1, 0.15) is 48.9 Å². The fourth-order valence-corrected chi connectivity index (χ4v) is 3.11. The molecule has 0 spiro atoms. The van der Waals surface area contributed by atoms with Crippen molar-refractivity contribution in [3.63, 3.8) is 0 Å². The zero-order chi connectivity index (χ0) is 14.8. The molecular formula is C21H22. The second-order valence-corrected chi connectivity index (χ2v) is 6.11. The molecule has 2 aromatic rings. The van der Waals surface area contributed by atoms with Crippen molar-refractivity contribution in [1.29, 1.82) is 0 Å². The molecule has 0 nitrogen and oxygen atoms in total. The first-order chi connectivity index (χ1) is 10.1. The maximum Gasteiger partial charge on any atom is 0.00263 e. The largest absolute Gasteiger partial charge is 0.0683 e. The van der Waals surface area contributed by atoms with Gasteiger partial charge in [-0.1, -0.05) is 78.8 Å². The van der Waals surface area contributed by atoms with Crippen LogP contribution >= 0.6 is 0 Å². The molecule has 0 aromatic heterocycles. The third kappa shape index (κ3) is 2.85. The van der Waals surface area contributed by atoms with Crippen LogP contribution in [0.5, 0.6) is 0 Å². The standard InChI is InChI=1S/C11H12.C10H10/c1-8-7-10-5-3-4-6-11(10)9(8)2;1-8-6-9-4-2-3-5-10(9)7-8/h3-7,9H,1-2H3;2-6H,7H2,1H3. The molecule has 0 N–H and O–H groups in total. The average molecular weight is 274 g/mol. The summed E-state index contributed by atoms with van der Waals surface area (Å²) in [6.45, 7) is 6.64. The molecule has 1 atom stereocenters. The first kappa shape index (κ1) is 13.9. The van der Waals surface area contributed by atoms with Crippen molar-refractivity contribution in [2.24, 2.45) is 0 Å². The normalized spacial score (nSPS) is 18.1. The van der Waals surface area contributed by atoms with Crippen molar-refractivity contribution in [1.82, 2.24) is 0 Å². The monoisotopic (exact) mass is 274 g/mol. The quantitative estimate of drug-likeness (QED) is 0.565. The number of hydrogen-bond acceptors (Lipinski definition) is 0. The van der Waals surface area contributed by atoms with Crippen LogP contribution in [-0.2, 0) is 6.42 Å². The Labute approximate surface area is 127 Å². The fraction of sp³-hybridized carbons (Fsp3) is 0.238. The van der Waals surface area contributed by atoms with Crippen molar-refractivity contribution >= 4 is 12.2 Å². The van der Waals surface area contributed by atoms with E-state index in [1.54, 1.807) is 0 Å². The smallest absolute Gasteiger partial charge is 0.00263 e. The van der Waals surface area contributed by atoms with Crippen LogP contribution in [0.4, 0.5) is 0 Å². The van der Waals surface area contributed by atoms with E-state index in [1.807, 2.05) is 0 Å². The van der Waals surface area contributed by atoms with E-state index < -0.39 is 0 Å². The van der Waals surface area contributed by atoms with Gasteiger partial charge in [-0.15, -0.1) is 0 Å². The molecule has 2 aliphatic rings. The van der Waals surface area contributed by atoms with E-state index in [-0.39, 0.29) is 0 Å². The third-order valence-electron chi connectivity index (χ3n) is 4.45. The third-order valence-corrected chi connectivity index (χ3v) is 4.45. The second kappa shape index (κ2) is 5.73. The molecule has 0 bridgehead atoms. The van der Waals surface area contributed by atoms with Crippen molar-refractivity contribution in [2.45, 2.75) is 33.1 Å².